The molecule has 0 atom stereocenters. The maximum atomic E-state index is 11.6. The fourth-order valence-electron chi connectivity index (χ4n) is 2.39. The van der Waals surface area contributed by atoms with Crippen LogP contribution in [0, 0.1) is 12.8 Å². The van der Waals surface area contributed by atoms with Crippen molar-refractivity contribution in [1.82, 2.24) is 20.0 Å². The Morgan fingerprint density at radius 1 is 1.41 bits per heavy atom. The van der Waals surface area contributed by atoms with Gasteiger partial charge in [0.2, 0.25) is 0 Å². The van der Waals surface area contributed by atoms with Crippen molar-refractivity contribution in [3.05, 3.63) is 11.3 Å². The Labute approximate surface area is 129 Å². The number of carboxylic acid groups (broad SMARTS) is 1. The van der Waals surface area contributed by atoms with E-state index in [4.69, 9.17) is 0 Å². The van der Waals surface area contributed by atoms with Crippen LogP contribution in [0.15, 0.2) is 0 Å². The highest BCUT2D eigenvalue weighted by Crippen LogP contribution is 2.27. The van der Waals surface area contributed by atoms with Crippen molar-refractivity contribution in [2.75, 3.05) is 11.9 Å². The normalized spacial score (nSPS) is 11.3. The van der Waals surface area contributed by atoms with Gasteiger partial charge in [0.1, 0.15) is 5.56 Å². The van der Waals surface area contributed by atoms with Crippen LogP contribution < -0.4 is 5.32 Å². The monoisotopic (exact) mass is 305 g/mol. The van der Waals surface area contributed by atoms with E-state index in [1.807, 2.05) is 0 Å². The summed E-state index contributed by atoms with van der Waals surface area (Å²) in [4.78, 5) is 16.0. The average molecular weight is 305 g/mol. The summed E-state index contributed by atoms with van der Waals surface area (Å²) < 4.78 is 1.74. The van der Waals surface area contributed by atoms with E-state index >= 15 is 0 Å². The van der Waals surface area contributed by atoms with Crippen molar-refractivity contribution in [1.29, 1.82) is 0 Å². The maximum Gasteiger partial charge on any atom is 0.339 e. The third kappa shape index (κ3) is 3.18. The third-order valence-electron chi connectivity index (χ3n) is 3.42. The summed E-state index contributed by atoms with van der Waals surface area (Å²) in [6, 6.07) is 0. The van der Waals surface area contributed by atoms with Crippen molar-refractivity contribution in [3.8, 4) is 0 Å². The maximum absolute atomic E-state index is 11.6. The molecule has 22 heavy (non-hydrogen) atoms. The van der Waals surface area contributed by atoms with E-state index in [1.165, 1.54) is 0 Å². The van der Waals surface area contributed by atoms with E-state index in [-0.39, 0.29) is 5.56 Å². The lowest BCUT2D eigenvalue weighted by atomic mass is 10.1. The van der Waals surface area contributed by atoms with E-state index in [1.54, 1.807) is 11.6 Å². The molecule has 0 saturated carbocycles. The number of nitrogens with one attached hydrogen (secondary N) is 1. The van der Waals surface area contributed by atoms with Crippen LogP contribution in [0.1, 0.15) is 49.7 Å². The molecule has 7 nitrogen and oxygen atoms in total. The quantitative estimate of drug-likeness (QED) is 0.764. The van der Waals surface area contributed by atoms with Crippen molar-refractivity contribution >= 4 is 22.8 Å². The highest BCUT2D eigenvalue weighted by atomic mass is 16.4. The van der Waals surface area contributed by atoms with E-state index in [2.05, 4.69) is 41.4 Å². The molecule has 2 rings (SSSR count). The summed E-state index contributed by atoms with van der Waals surface area (Å²) in [5.41, 5.74) is 2.35. The summed E-state index contributed by atoms with van der Waals surface area (Å²) in [6.07, 6.45) is 1.99. The van der Waals surface area contributed by atoms with Crippen LogP contribution in [-0.4, -0.2) is 37.6 Å². The minimum atomic E-state index is -0.996. The van der Waals surface area contributed by atoms with Crippen LogP contribution >= 0.6 is 0 Å². The number of unbranched alkanes of at least 4 members (excludes halogenated alkanes) is 1. The average Bonchev–Trinajstić information content (AvgIpc) is 2.80. The number of carbonyl (C=O) groups is 1. The molecule has 2 N–H and O–H groups in total. The van der Waals surface area contributed by atoms with Gasteiger partial charge in [-0.15, -0.1) is 5.10 Å². The molecule has 0 aliphatic heterocycles. The lowest BCUT2D eigenvalue weighted by Crippen LogP contribution is -2.12. The number of pyridine rings is 1. The van der Waals surface area contributed by atoms with Crippen LogP contribution in [0.5, 0.6) is 0 Å². The number of aromatic nitrogens is 4. The van der Waals surface area contributed by atoms with Crippen molar-refractivity contribution in [2.24, 2.45) is 5.92 Å². The lowest BCUT2D eigenvalue weighted by molar-refractivity contribution is 0.0697. The first-order valence-electron chi connectivity index (χ1n) is 7.66. The Kier molecular flexibility index (Phi) is 4.95. The Bertz CT molecular complexity index is 678. The summed E-state index contributed by atoms with van der Waals surface area (Å²) in [6.45, 7) is 9.38. The Balaban J connectivity index is 2.56. The molecule has 0 bridgehead atoms. The van der Waals surface area contributed by atoms with Gasteiger partial charge in [-0.05, 0) is 19.3 Å². The number of hydrogen-bond donors (Lipinski definition) is 2. The van der Waals surface area contributed by atoms with Crippen LogP contribution in [0.2, 0.25) is 0 Å². The van der Waals surface area contributed by atoms with Gasteiger partial charge in [0.25, 0.3) is 0 Å². The number of fused-ring (bicyclic) bond motifs is 1. The van der Waals surface area contributed by atoms with Gasteiger partial charge >= 0.3 is 5.97 Å². The standard InChI is InChI=1S/C15H23N5O2/c1-5-6-7-16-12-11(15(21)22)10(4)17-14-13(12)18-19-20(14)8-9(2)3/h9H,5-8H2,1-4H3,(H,16,17)(H,21,22). The molecule has 120 valence electrons. The molecule has 0 aromatic carbocycles. The second-order valence-corrected chi connectivity index (χ2v) is 5.87. The predicted octanol–water partition coefficient (Wildman–Crippen LogP) is 2.70. The fraction of sp³-hybridized carbons (Fsp3) is 0.600. The smallest absolute Gasteiger partial charge is 0.339 e. The Morgan fingerprint density at radius 3 is 2.73 bits per heavy atom. The van der Waals surface area contributed by atoms with E-state index in [0.717, 1.165) is 12.8 Å². The highest BCUT2D eigenvalue weighted by Gasteiger charge is 2.22. The summed E-state index contributed by atoms with van der Waals surface area (Å²) in [5, 5.41) is 21.0. The van der Waals surface area contributed by atoms with Gasteiger partial charge in [-0.2, -0.15) is 0 Å². The molecule has 0 radical (unpaired) electrons. The first-order chi connectivity index (χ1) is 10.5. The minimum absolute atomic E-state index is 0.181. The molecule has 0 spiro atoms. The van der Waals surface area contributed by atoms with Gasteiger partial charge in [0, 0.05) is 13.1 Å². The third-order valence-corrected chi connectivity index (χ3v) is 3.42. The van der Waals surface area contributed by atoms with Crippen molar-refractivity contribution in [2.45, 2.75) is 47.1 Å². The topological polar surface area (TPSA) is 92.9 Å². The van der Waals surface area contributed by atoms with Gasteiger partial charge in [-0.25, -0.2) is 14.5 Å². The number of aromatic carboxylic acids is 1. The van der Waals surface area contributed by atoms with Gasteiger partial charge in [-0.3, -0.25) is 0 Å². The molecule has 0 aliphatic carbocycles. The van der Waals surface area contributed by atoms with Crippen molar-refractivity contribution < 1.29 is 9.90 Å². The molecule has 7 heteroatoms. The zero-order chi connectivity index (χ0) is 16.3. The van der Waals surface area contributed by atoms with Crippen LogP contribution in [0.3, 0.4) is 0 Å². The van der Waals surface area contributed by atoms with Crippen LogP contribution in [-0.2, 0) is 6.54 Å². The molecule has 2 aromatic heterocycles. The summed E-state index contributed by atoms with van der Waals surface area (Å²) >= 11 is 0. The molecular formula is C15H23N5O2. The molecule has 0 aliphatic rings. The van der Waals surface area contributed by atoms with Gasteiger partial charge < -0.3 is 10.4 Å². The first kappa shape index (κ1) is 16.2. The van der Waals surface area contributed by atoms with Gasteiger partial charge in [-0.1, -0.05) is 32.4 Å². The Morgan fingerprint density at radius 2 is 2.14 bits per heavy atom. The number of rotatable bonds is 7. The molecule has 0 amide bonds. The SMILES string of the molecule is CCCCNc1c(C(=O)O)c(C)nc2c1nnn2CC(C)C. The second kappa shape index (κ2) is 6.72. The number of anilines is 1. The minimum Gasteiger partial charge on any atom is -0.478 e. The summed E-state index contributed by atoms with van der Waals surface area (Å²) in [5.74, 6) is -0.591. The van der Waals surface area contributed by atoms with E-state index < -0.39 is 5.97 Å². The zero-order valence-electron chi connectivity index (χ0n) is 13.6. The largest absolute Gasteiger partial charge is 0.478 e. The fourth-order valence-corrected chi connectivity index (χ4v) is 2.39. The number of hydrogen-bond acceptors (Lipinski definition) is 5. The molecule has 0 saturated heterocycles. The number of carboxylic acids is 1. The van der Waals surface area contributed by atoms with Crippen molar-refractivity contribution in [3.63, 3.8) is 0 Å². The molecular weight excluding hydrogens is 282 g/mol. The molecule has 0 unspecified atom stereocenters. The number of aryl methyl sites for hydroxylation is 1. The molecule has 0 fully saturated rings. The summed E-state index contributed by atoms with van der Waals surface area (Å²) in [7, 11) is 0. The molecule has 2 heterocycles. The predicted molar refractivity (Wildman–Crippen MR) is 85.3 cm³/mol. The number of nitrogens with zero attached hydrogens (tertiary/aromatic N) is 4. The van der Waals surface area contributed by atoms with Crippen LogP contribution in [0.25, 0.3) is 11.2 Å². The highest BCUT2D eigenvalue weighted by molar-refractivity contribution is 6.03. The lowest BCUT2D eigenvalue weighted by Gasteiger charge is -2.12. The van der Waals surface area contributed by atoms with Gasteiger partial charge in [0.05, 0.1) is 11.4 Å². The molecule has 2 aromatic rings. The van der Waals surface area contributed by atoms with E-state index in [9.17, 15) is 9.90 Å². The zero-order valence-corrected chi connectivity index (χ0v) is 13.6. The second-order valence-electron chi connectivity index (χ2n) is 5.87. The van der Waals surface area contributed by atoms with Gasteiger partial charge in [0.15, 0.2) is 11.2 Å². The first-order valence-corrected chi connectivity index (χ1v) is 7.66. The Hall–Kier alpha value is -2.18. The van der Waals surface area contributed by atoms with Crippen LogP contribution in [0.4, 0.5) is 5.69 Å². The van der Waals surface area contributed by atoms with E-state index in [0.29, 0.717) is 41.6 Å².